The Kier molecular flexibility index (Phi) is 5.18. The summed E-state index contributed by atoms with van der Waals surface area (Å²) in [5.41, 5.74) is -1.95. The zero-order valence-corrected chi connectivity index (χ0v) is 11.0. The zero-order chi connectivity index (χ0) is 14.5. The molecule has 19 heavy (non-hydrogen) atoms. The topological polar surface area (TPSA) is 38.3 Å². The van der Waals surface area contributed by atoms with Gasteiger partial charge in [-0.25, -0.2) is 13.6 Å². The minimum Gasteiger partial charge on any atom is -0.464 e. The SMILES string of the molecule is C=CCNC(C)(C(=O)OCC)c1c(F)cccc1F. The van der Waals surface area contributed by atoms with Crippen LogP contribution in [0.25, 0.3) is 0 Å². The number of benzene rings is 1. The number of esters is 1. The Balaban J connectivity index is 3.30. The van der Waals surface area contributed by atoms with Crippen molar-refractivity contribution in [1.29, 1.82) is 0 Å². The lowest BCUT2D eigenvalue weighted by Crippen LogP contribution is -2.49. The van der Waals surface area contributed by atoms with Crippen molar-refractivity contribution in [2.24, 2.45) is 0 Å². The predicted molar refractivity (Wildman–Crippen MR) is 68.5 cm³/mol. The zero-order valence-electron chi connectivity index (χ0n) is 11.0. The molecule has 104 valence electrons. The van der Waals surface area contributed by atoms with Gasteiger partial charge in [0.25, 0.3) is 0 Å². The Morgan fingerprint density at radius 3 is 2.53 bits per heavy atom. The van der Waals surface area contributed by atoms with Gasteiger partial charge in [0.15, 0.2) is 0 Å². The predicted octanol–water partition coefficient (Wildman–Crippen LogP) is 2.52. The highest BCUT2D eigenvalue weighted by molar-refractivity contribution is 5.82. The summed E-state index contributed by atoms with van der Waals surface area (Å²) in [6, 6.07) is 3.45. The molecule has 0 aliphatic carbocycles. The van der Waals surface area contributed by atoms with Gasteiger partial charge in [0, 0.05) is 6.54 Å². The monoisotopic (exact) mass is 269 g/mol. The maximum absolute atomic E-state index is 13.9. The normalized spacial score (nSPS) is 13.7. The summed E-state index contributed by atoms with van der Waals surface area (Å²) in [6.45, 7) is 6.86. The van der Waals surface area contributed by atoms with Crippen LogP contribution in [-0.2, 0) is 15.1 Å². The summed E-state index contributed by atoms with van der Waals surface area (Å²) in [5.74, 6) is -2.33. The molecule has 1 aromatic carbocycles. The van der Waals surface area contributed by atoms with Crippen molar-refractivity contribution < 1.29 is 18.3 Å². The van der Waals surface area contributed by atoms with E-state index in [2.05, 4.69) is 11.9 Å². The molecule has 0 spiro atoms. The smallest absolute Gasteiger partial charge is 0.330 e. The van der Waals surface area contributed by atoms with Gasteiger partial charge in [0.05, 0.1) is 12.2 Å². The van der Waals surface area contributed by atoms with Crippen molar-refractivity contribution in [3.05, 3.63) is 48.1 Å². The Morgan fingerprint density at radius 2 is 2.05 bits per heavy atom. The van der Waals surface area contributed by atoms with E-state index >= 15 is 0 Å². The average molecular weight is 269 g/mol. The molecule has 0 radical (unpaired) electrons. The number of ether oxygens (including phenoxy) is 1. The van der Waals surface area contributed by atoms with E-state index in [-0.39, 0.29) is 18.7 Å². The molecule has 1 N–H and O–H groups in total. The molecule has 1 aromatic rings. The number of halogens is 2. The molecule has 0 fully saturated rings. The summed E-state index contributed by atoms with van der Waals surface area (Å²) in [7, 11) is 0. The quantitative estimate of drug-likeness (QED) is 0.637. The number of hydrogen-bond donors (Lipinski definition) is 1. The van der Waals surface area contributed by atoms with Crippen LogP contribution in [0.5, 0.6) is 0 Å². The summed E-state index contributed by atoms with van der Waals surface area (Å²) in [4.78, 5) is 12.0. The van der Waals surface area contributed by atoms with Gasteiger partial charge in [0.2, 0.25) is 0 Å². The minimum absolute atomic E-state index is 0.125. The third-order valence-electron chi connectivity index (χ3n) is 2.75. The third kappa shape index (κ3) is 3.17. The van der Waals surface area contributed by atoms with Crippen LogP contribution >= 0.6 is 0 Å². The van der Waals surface area contributed by atoms with Crippen molar-refractivity contribution in [2.75, 3.05) is 13.2 Å². The lowest BCUT2D eigenvalue weighted by atomic mass is 9.90. The van der Waals surface area contributed by atoms with Crippen LogP contribution in [0, 0.1) is 11.6 Å². The fourth-order valence-corrected chi connectivity index (χ4v) is 1.79. The van der Waals surface area contributed by atoms with Gasteiger partial charge in [-0.05, 0) is 26.0 Å². The summed E-state index contributed by atoms with van der Waals surface area (Å²) < 4.78 is 32.6. The highest BCUT2D eigenvalue weighted by Gasteiger charge is 2.40. The first kappa shape index (κ1) is 15.3. The Hall–Kier alpha value is -1.75. The van der Waals surface area contributed by atoms with E-state index in [1.54, 1.807) is 6.92 Å². The van der Waals surface area contributed by atoms with Gasteiger partial charge in [0.1, 0.15) is 17.2 Å². The summed E-state index contributed by atoms with van der Waals surface area (Å²) in [5, 5.41) is 2.76. The highest BCUT2D eigenvalue weighted by atomic mass is 19.1. The average Bonchev–Trinajstić information content (AvgIpc) is 2.36. The molecule has 1 rings (SSSR count). The van der Waals surface area contributed by atoms with Gasteiger partial charge in [-0.2, -0.15) is 0 Å². The fraction of sp³-hybridized carbons (Fsp3) is 0.357. The van der Waals surface area contributed by atoms with Gasteiger partial charge in [-0.1, -0.05) is 12.1 Å². The number of carbonyl (C=O) groups excluding carboxylic acids is 1. The molecule has 0 aliphatic heterocycles. The van der Waals surface area contributed by atoms with Crippen LogP contribution in [-0.4, -0.2) is 19.1 Å². The Labute approximate surface area is 111 Å². The van der Waals surface area contributed by atoms with Crippen LogP contribution in [0.4, 0.5) is 8.78 Å². The molecular formula is C14H17F2NO2. The lowest BCUT2D eigenvalue weighted by molar-refractivity contribution is -0.151. The second-order valence-corrected chi connectivity index (χ2v) is 4.11. The van der Waals surface area contributed by atoms with Crippen LogP contribution in [0.15, 0.2) is 30.9 Å². The van der Waals surface area contributed by atoms with Crippen molar-refractivity contribution >= 4 is 5.97 Å². The summed E-state index contributed by atoms with van der Waals surface area (Å²) >= 11 is 0. The number of hydrogen-bond acceptors (Lipinski definition) is 3. The van der Waals surface area contributed by atoms with Crippen LogP contribution in [0.1, 0.15) is 19.4 Å². The van der Waals surface area contributed by atoms with Crippen molar-refractivity contribution in [3.8, 4) is 0 Å². The first-order valence-electron chi connectivity index (χ1n) is 5.95. The first-order valence-corrected chi connectivity index (χ1v) is 5.95. The molecular weight excluding hydrogens is 252 g/mol. The van der Waals surface area contributed by atoms with Gasteiger partial charge >= 0.3 is 5.97 Å². The molecule has 5 heteroatoms. The fourth-order valence-electron chi connectivity index (χ4n) is 1.79. The molecule has 0 aliphatic rings. The molecule has 0 saturated carbocycles. The van der Waals surface area contributed by atoms with E-state index in [1.807, 2.05) is 0 Å². The highest BCUT2D eigenvalue weighted by Crippen LogP contribution is 2.27. The lowest BCUT2D eigenvalue weighted by Gasteiger charge is -2.29. The molecule has 0 aromatic heterocycles. The molecule has 0 heterocycles. The van der Waals surface area contributed by atoms with E-state index in [9.17, 15) is 13.6 Å². The second-order valence-electron chi connectivity index (χ2n) is 4.11. The van der Waals surface area contributed by atoms with E-state index in [0.29, 0.717) is 0 Å². The van der Waals surface area contributed by atoms with E-state index in [0.717, 1.165) is 12.1 Å². The third-order valence-corrected chi connectivity index (χ3v) is 2.75. The van der Waals surface area contributed by atoms with E-state index < -0.39 is 23.1 Å². The second kappa shape index (κ2) is 6.43. The minimum atomic E-state index is -1.60. The molecule has 0 saturated heterocycles. The van der Waals surface area contributed by atoms with E-state index in [1.165, 1.54) is 19.1 Å². The maximum Gasteiger partial charge on any atom is 0.330 e. The molecule has 3 nitrogen and oxygen atoms in total. The van der Waals surface area contributed by atoms with Crippen LogP contribution in [0.3, 0.4) is 0 Å². The first-order chi connectivity index (χ1) is 8.97. The van der Waals surface area contributed by atoms with E-state index in [4.69, 9.17) is 4.74 Å². The van der Waals surface area contributed by atoms with Gasteiger partial charge in [-0.15, -0.1) is 6.58 Å². The Morgan fingerprint density at radius 1 is 1.47 bits per heavy atom. The number of nitrogens with one attached hydrogen (secondary N) is 1. The molecule has 1 unspecified atom stereocenters. The van der Waals surface area contributed by atoms with Crippen molar-refractivity contribution in [2.45, 2.75) is 19.4 Å². The summed E-state index contributed by atoms with van der Waals surface area (Å²) in [6.07, 6.45) is 1.50. The number of rotatable bonds is 6. The van der Waals surface area contributed by atoms with Gasteiger partial charge in [-0.3, -0.25) is 5.32 Å². The largest absolute Gasteiger partial charge is 0.464 e. The van der Waals surface area contributed by atoms with Crippen molar-refractivity contribution in [3.63, 3.8) is 0 Å². The maximum atomic E-state index is 13.9. The van der Waals surface area contributed by atoms with Crippen LogP contribution in [0.2, 0.25) is 0 Å². The van der Waals surface area contributed by atoms with Gasteiger partial charge < -0.3 is 4.74 Å². The van der Waals surface area contributed by atoms with Crippen LogP contribution < -0.4 is 5.32 Å². The molecule has 1 atom stereocenters. The number of carbonyl (C=O) groups is 1. The molecule has 0 amide bonds. The Bertz CT molecular complexity index is 456. The standard InChI is InChI=1S/C14H17F2NO2/c1-4-9-17-14(3,13(18)19-5-2)12-10(15)7-6-8-11(12)16/h4,6-8,17H,1,5,9H2,2-3H3. The molecule has 0 bridgehead atoms. The van der Waals surface area contributed by atoms with Crippen molar-refractivity contribution in [1.82, 2.24) is 5.32 Å².